The largest absolute Gasteiger partial charge is 0.492 e. The van der Waals surface area contributed by atoms with Crippen LogP contribution >= 0.6 is 11.8 Å². The van der Waals surface area contributed by atoms with E-state index in [9.17, 15) is 4.79 Å². The van der Waals surface area contributed by atoms with Gasteiger partial charge in [0.05, 0.1) is 6.61 Å². The van der Waals surface area contributed by atoms with Gasteiger partial charge in [0.15, 0.2) is 5.78 Å². The number of hydrogen-bond acceptors (Lipinski definition) is 3. The van der Waals surface area contributed by atoms with Crippen LogP contribution in [0.4, 0.5) is 0 Å². The Hall–Kier alpha value is -1.22. The predicted molar refractivity (Wildman–Crippen MR) is 57.2 cm³/mol. The quantitative estimate of drug-likeness (QED) is 0.549. The average molecular weight is 206 g/mol. The number of ether oxygens (including phenoxy) is 1. The number of fused-ring (bicyclic) bond motifs is 1. The first-order chi connectivity index (χ1) is 6.81. The molecule has 1 aliphatic rings. The van der Waals surface area contributed by atoms with Crippen molar-refractivity contribution >= 4 is 17.5 Å². The Morgan fingerprint density at radius 1 is 1.57 bits per heavy atom. The van der Waals surface area contributed by atoms with Crippen molar-refractivity contribution in [3.63, 3.8) is 0 Å². The molecule has 0 saturated heterocycles. The van der Waals surface area contributed by atoms with Crippen molar-refractivity contribution in [3.05, 3.63) is 36.4 Å². The van der Waals surface area contributed by atoms with Crippen molar-refractivity contribution in [2.75, 3.05) is 12.4 Å². The van der Waals surface area contributed by atoms with E-state index >= 15 is 0 Å². The fourth-order valence-corrected chi connectivity index (χ4v) is 2.13. The van der Waals surface area contributed by atoms with E-state index in [4.69, 9.17) is 4.74 Å². The number of ketones is 1. The molecule has 0 fully saturated rings. The fraction of sp³-hybridized carbons (Fsp3) is 0.182. The SMILES string of the molecule is C=CC(=O)c1ccc2c(c1)OCCS2. The van der Waals surface area contributed by atoms with E-state index in [1.165, 1.54) is 6.08 Å². The summed E-state index contributed by atoms with van der Waals surface area (Å²) in [6, 6.07) is 5.52. The molecule has 0 amide bonds. The first-order valence-corrected chi connectivity index (χ1v) is 5.36. The summed E-state index contributed by atoms with van der Waals surface area (Å²) in [6.07, 6.45) is 1.32. The zero-order valence-electron chi connectivity index (χ0n) is 7.66. The minimum absolute atomic E-state index is 0.0630. The molecule has 1 aromatic carbocycles. The maximum Gasteiger partial charge on any atom is 0.185 e. The second-order valence-electron chi connectivity index (χ2n) is 2.93. The monoisotopic (exact) mass is 206 g/mol. The third-order valence-electron chi connectivity index (χ3n) is 2.01. The Bertz CT molecular complexity index is 385. The number of carbonyl (C=O) groups is 1. The molecular formula is C11H10O2S. The highest BCUT2D eigenvalue weighted by Gasteiger charge is 2.12. The summed E-state index contributed by atoms with van der Waals surface area (Å²) in [4.78, 5) is 12.4. The van der Waals surface area contributed by atoms with Crippen LogP contribution in [0.3, 0.4) is 0 Å². The number of hydrogen-bond donors (Lipinski definition) is 0. The normalized spacial score (nSPS) is 14.0. The Morgan fingerprint density at radius 2 is 2.43 bits per heavy atom. The molecule has 2 nitrogen and oxygen atoms in total. The third-order valence-corrected chi connectivity index (χ3v) is 3.03. The van der Waals surface area contributed by atoms with Crippen molar-refractivity contribution in [2.24, 2.45) is 0 Å². The summed E-state index contributed by atoms with van der Waals surface area (Å²) in [5, 5.41) is 0. The van der Waals surface area contributed by atoms with E-state index in [1.807, 2.05) is 12.1 Å². The third kappa shape index (κ3) is 1.68. The fourth-order valence-electron chi connectivity index (χ4n) is 1.31. The molecular weight excluding hydrogens is 196 g/mol. The molecule has 0 bridgehead atoms. The van der Waals surface area contributed by atoms with Crippen LogP contribution in [0.1, 0.15) is 10.4 Å². The molecule has 72 valence electrons. The molecule has 1 aromatic rings. The van der Waals surface area contributed by atoms with Crippen LogP contribution in [0.2, 0.25) is 0 Å². The summed E-state index contributed by atoms with van der Waals surface area (Å²) < 4.78 is 5.45. The topological polar surface area (TPSA) is 26.3 Å². The first-order valence-electron chi connectivity index (χ1n) is 4.37. The highest BCUT2D eigenvalue weighted by molar-refractivity contribution is 7.99. The first kappa shape index (κ1) is 9.34. The molecule has 0 N–H and O–H groups in total. The molecule has 14 heavy (non-hydrogen) atoms. The summed E-state index contributed by atoms with van der Waals surface area (Å²) >= 11 is 1.75. The van der Waals surface area contributed by atoms with Gasteiger partial charge in [0.25, 0.3) is 0 Å². The van der Waals surface area contributed by atoms with Gasteiger partial charge in [-0.1, -0.05) is 6.58 Å². The van der Waals surface area contributed by atoms with Crippen LogP contribution in [0.5, 0.6) is 5.75 Å². The van der Waals surface area contributed by atoms with Gasteiger partial charge in [-0.3, -0.25) is 4.79 Å². The van der Waals surface area contributed by atoms with Gasteiger partial charge in [-0.15, -0.1) is 11.8 Å². The lowest BCUT2D eigenvalue weighted by atomic mass is 10.1. The van der Waals surface area contributed by atoms with Gasteiger partial charge in [-0.2, -0.15) is 0 Å². The van der Waals surface area contributed by atoms with Crippen LogP contribution in [0, 0.1) is 0 Å². The van der Waals surface area contributed by atoms with E-state index < -0.39 is 0 Å². The van der Waals surface area contributed by atoms with Crippen LogP contribution in [-0.2, 0) is 0 Å². The van der Waals surface area contributed by atoms with E-state index in [-0.39, 0.29) is 5.78 Å². The second kappa shape index (κ2) is 3.88. The number of carbonyl (C=O) groups excluding carboxylic acids is 1. The lowest BCUT2D eigenvalue weighted by Gasteiger charge is -2.16. The molecule has 0 aromatic heterocycles. The summed E-state index contributed by atoms with van der Waals surface area (Å²) in [5.74, 6) is 1.72. The van der Waals surface area contributed by atoms with Crippen molar-refractivity contribution in [3.8, 4) is 5.75 Å². The smallest absolute Gasteiger partial charge is 0.185 e. The second-order valence-corrected chi connectivity index (χ2v) is 4.06. The Morgan fingerprint density at radius 3 is 3.21 bits per heavy atom. The highest BCUT2D eigenvalue weighted by Crippen LogP contribution is 2.33. The van der Waals surface area contributed by atoms with Gasteiger partial charge in [0, 0.05) is 16.2 Å². The maximum atomic E-state index is 11.3. The van der Waals surface area contributed by atoms with E-state index in [0.29, 0.717) is 12.2 Å². The minimum Gasteiger partial charge on any atom is -0.492 e. The Balaban J connectivity index is 2.38. The van der Waals surface area contributed by atoms with E-state index in [1.54, 1.807) is 17.8 Å². The van der Waals surface area contributed by atoms with Crippen LogP contribution in [0.25, 0.3) is 0 Å². The lowest BCUT2D eigenvalue weighted by molar-refractivity contribution is 0.104. The van der Waals surface area contributed by atoms with Gasteiger partial charge in [0.2, 0.25) is 0 Å². The molecule has 3 heteroatoms. The summed E-state index contributed by atoms with van der Waals surface area (Å²) in [7, 11) is 0. The summed E-state index contributed by atoms with van der Waals surface area (Å²) in [5.41, 5.74) is 0.640. The van der Waals surface area contributed by atoms with Gasteiger partial charge < -0.3 is 4.74 Å². The van der Waals surface area contributed by atoms with Crippen LogP contribution in [0.15, 0.2) is 35.7 Å². The van der Waals surface area contributed by atoms with E-state index in [0.717, 1.165) is 16.4 Å². The maximum absolute atomic E-state index is 11.3. The minimum atomic E-state index is -0.0630. The van der Waals surface area contributed by atoms with Crippen molar-refractivity contribution < 1.29 is 9.53 Å². The number of allylic oxidation sites excluding steroid dienone is 1. The van der Waals surface area contributed by atoms with Crippen molar-refractivity contribution in [2.45, 2.75) is 4.90 Å². The molecule has 2 rings (SSSR count). The van der Waals surface area contributed by atoms with Gasteiger partial charge >= 0.3 is 0 Å². The van der Waals surface area contributed by atoms with Gasteiger partial charge in [-0.05, 0) is 24.3 Å². The molecule has 0 spiro atoms. The predicted octanol–water partition coefficient (Wildman–Crippen LogP) is 2.54. The Kier molecular flexibility index (Phi) is 2.59. The van der Waals surface area contributed by atoms with E-state index in [2.05, 4.69) is 6.58 Å². The zero-order chi connectivity index (χ0) is 9.97. The number of rotatable bonds is 2. The Labute approximate surface area is 87.0 Å². The van der Waals surface area contributed by atoms with Crippen LogP contribution in [-0.4, -0.2) is 18.1 Å². The summed E-state index contributed by atoms with van der Waals surface area (Å²) in [6.45, 7) is 4.17. The van der Waals surface area contributed by atoms with Gasteiger partial charge in [-0.25, -0.2) is 0 Å². The lowest BCUT2D eigenvalue weighted by Crippen LogP contribution is -2.07. The van der Waals surface area contributed by atoms with Crippen molar-refractivity contribution in [1.29, 1.82) is 0 Å². The molecule has 1 aliphatic heterocycles. The molecule has 1 heterocycles. The number of benzene rings is 1. The highest BCUT2D eigenvalue weighted by atomic mass is 32.2. The molecule has 0 atom stereocenters. The molecule has 0 unspecified atom stereocenters. The zero-order valence-corrected chi connectivity index (χ0v) is 8.47. The molecule has 0 aliphatic carbocycles. The van der Waals surface area contributed by atoms with Crippen molar-refractivity contribution in [1.82, 2.24) is 0 Å². The van der Waals surface area contributed by atoms with Crippen LogP contribution < -0.4 is 4.74 Å². The number of thioether (sulfide) groups is 1. The van der Waals surface area contributed by atoms with Gasteiger partial charge in [0.1, 0.15) is 5.75 Å². The standard InChI is InChI=1S/C11H10O2S/c1-2-9(12)8-3-4-11-10(7-8)13-5-6-14-11/h2-4,7H,1,5-6H2. The molecule has 0 radical (unpaired) electrons. The molecule has 0 saturated carbocycles. The average Bonchev–Trinajstić information content (AvgIpc) is 2.27.